The van der Waals surface area contributed by atoms with E-state index in [0.717, 1.165) is 12.8 Å². The number of hydrogen-bond acceptors (Lipinski definition) is 2. The Morgan fingerprint density at radius 2 is 2.11 bits per heavy atom. The van der Waals surface area contributed by atoms with Crippen molar-refractivity contribution < 1.29 is 4.79 Å². The SMILES string of the molecule is O=C(NCC1(c2ccccc2)CC1)c1cnc[nH]1. The summed E-state index contributed by atoms with van der Waals surface area (Å²) in [5.41, 5.74) is 1.98. The molecule has 0 spiro atoms. The fourth-order valence-corrected chi connectivity index (χ4v) is 2.23. The number of benzene rings is 1. The highest BCUT2D eigenvalue weighted by molar-refractivity contribution is 5.92. The van der Waals surface area contributed by atoms with Crippen LogP contribution in [0.25, 0.3) is 0 Å². The van der Waals surface area contributed by atoms with Crippen LogP contribution in [0.4, 0.5) is 0 Å². The first-order valence-electron chi connectivity index (χ1n) is 6.12. The first-order chi connectivity index (χ1) is 8.80. The summed E-state index contributed by atoms with van der Waals surface area (Å²) < 4.78 is 0. The predicted octanol–water partition coefficient (Wildman–Crippen LogP) is 1.87. The van der Waals surface area contributed by atoms with Crippen molar-refractivity contribution in [1.82, 2.24) is 15.3 Å². The third-order valence-electron chi connectivity index (χ3n) is 3.57. The topological polar surface area (TPSA) is 57.8 Å². The molecule has 1 aliphatic carbocycles. The van der Waals surface area contributed by atoms with Gasteiger partial charge in [0.15, 0.2) is 0 Å². The molecule has 0 bridgehead atoms. The molecule has 1 aliphatic rings. The normalized spacial score (nSPS) is 16.2. The number of nitrogens with one attached hydrogen (secondary N) is 2. The molecule has 0 atom stereocenters. The van der Waals surface area contributed by atoms with E-state index in [-0.39, 0.29) is 11.3 Å². The Morgan fingerprint density at radius 1 is 1.33 bits per heavy atom. The first-order valence-corrected chi connectivity index (χ1v) is 6.12. The second kappa shape index (κ2) is 4.29. The highest BCUT2D eigenvalue weighted by Gasteiger charge is 2.44. The molecule has 1 amide bonds. The maximum atomic E-state index is 11.8. The van der Waals surface area contributed by atoms with Gasteiger partial charge in [-0.1, -0.05) is 30.3 Å². The number of amides is 1. The average molecular weight is 241 g/mol. The summed E-state index contributed by atoms with van der Waals surface area (Å²) in [7, 11) is 0. The van der Waals surface area contributed by atoms with Gasteiger partial charge in [-0.3, -0.25) is 4.79 Å². The van der Waals surface area contributed by atoms with Crippen molar-refractivity contribution >= 4 is 5.91 Å². The summed E-state index contributed by atoms with van der Waals surface area (Å²) >= 11 is 0. The van der Waals surface area contributed by atoms with Crippen molar-refractivity contribution in [3.05, 3.63) is 54.1 Å². The van der Waals surface area contributed by atoms with Crippen LogP contribution in [0.3, 0.4) is 0 Å². The number of H-pyrrole nitrogens is 1. The molecule has 0 aliphatic heterocycles. The number of rotatable bonds is 4. The van der Waals surface area contributed by atoms with E-state index >= 15 is 0 Å². The van der Waals surface area contributed by atoms with E-state index in [1.807, 2.05) is 18.2 Å². The van der Waals surface area contributed by atoms with Crippen molar-refractivity contribution in [3.63, 3.8) is 0 Å². The van der Waals surface area contributed by atoms with Crippen LogP contribution in [0.2, 0.25) is 0 Å². The maximum Gasteiger partial charge on any atom is 0.269 e. The van der Waals surface area contributed by atoms with Gasteiger partial charge in [0.2, 0.25) is 0 Å². The quantitative estimate of drug-likeness (QED) is 0.858. The minimum absolute atomic E-state index is 0.0882. The van der Waals surface area contributed by atoms with Gasteiger partial charge in [-0.05, 0) is 18.4 Å². The zero-order chi connectivity index (χ0) is 12.4. The van der Waals surface area contributed by atoms with E-state index in [0.29, 0.717) is 12.2 Å². The molecule has 1 fully saturated rings. The number of aromatic amines is 1. The van der Waals surface area contributed by atoms with Crippen LogP contribution in [0.5, 0.6) is 0 Å². The smallest absolute Gasteiger partial charge is 0.269 e. The number of imidazole rings is 1. The van der Waals surface area contributed by atoms with E-state index in [1.165, 1.54) is 18.1 Å². The molecule has 18 heavy (non-hydrogen) atoms. The van der Waals surface area contributed by atoms with Crippen LogP contribution in [-0.2, 0) is 5.41 Å². The zero-order valence-corrected chi connectivity index (χ0v) is 10.0. The fourth-order valence-electron chi connectivity index (χ4n) is 2.23. The van der Waals surface area contributed by atoms with E-state index in [2.05, 4.69) is 27.4 Å². The summed E-state index contributed by atoms with van der Waals surface area (Å²) in [4.78, 5) is 18.5. The highest BCUT2D eigenvalue weighted by atomic mass is 16.1. The molecule has 1 aromatic heterocycles. The molecular weight excluding hydrogens is 226 g/mol. The molecule has 3 rings (SSSR count). The monoisotopic (exact) mass is 241 g/mol. The first kappa shape index (κ1) is 11.0. The third kappa shape index (κ3) is 2.01. The highest BCUT2D eigenvalue weighted by Crippen LogP contribution is 2.47. The van der Waals surface area contributed by atoms with E-state index in [9.17, 15) is 4.79 Å². The van der Waals surface area contributed by atoms with Crippen LogP contribution in [-0.4, -0.2) is 22.4 Å². The average Bonchev–Trinajstić information content (AvgIpc) is 3.01. The van der Waals surface area contributed by atoms with Crippen LogP contribution >= 0.6 is 0 Å². The lowest BCUT2D eigenvalue weighted by atomic mass is 9.96. The van der Waals surface area contributed by atoms with E-state index in [1.54, 1.807) is 0 Å². The lowest BCUT2D eigenvalue weighted by Crippen LogP contribution is -2.32. The van der Waals surface area contributed by atoms with Gasteiger partial charge in [0.1, 0.15) is 5.69 Å². The third-order valence-corrected chi connectivity index (χ3v) is 3.57. The van der Waals surface area contributed by atoms with Gasteiger partial charge >= 0.3 is 0 Å². The number of hydrogen-bond donors (Lipinski definition) is 2. The lowest BCUT2D eigenvalue weighted by molar-refractivity contribution is 0.0945. The summed E-state index contributed by atoms with van der Waals surface area (Å²) in [5.74, 6) is -0.0882. The minimum Gasteiger partial charge on any atom is -0.350 e. The molecule has 1 saturated carbocycles. The molecule has 4 nitrogen and oxygen atoms in total. The molecule has 0 radical (unpaired) electrons. The molecule has 2 N–H and O–H groups in total. The standard InChI is InChI=1S/C14H15N3O/c18-13(12-8-15-10-17-12)16-9-14(6-7-14)11-4-2-1-3-5-11/h1-5,8,10H,6-7,9H2,(H,15,17)(H,16,18). The Balaban J connectivity index is 1.66. The second-order valence-electron chi connectivity index (χ2n) is 4.79. The van der Waals surface area contributed by atoms with Crippen LogP contribution < -0.4 is 5.32 Å². The molecule has 1 aromatic carbocycles. The van der Waals surface area contributed by atoms with Crippen molar-refractivity contribution in [2.24, 2.45) is 0 Å². The van der Waals surface area contributed by atoms with Gasteiger partial charge in [-0.2, -0.15) is 0 Å². The van der Waals surface area contributed by atoms with Crippen LogP contribution in [0.15, 0.2) is 42.9 Å². The fraction of sp³-hybridized carbons (Fsp3) is 0.286. The number of nitrogens with zero attached hydrogens (tertiary/aromatic N) is 1. The Morgan fingerprint density at radius 3 is 2.72 bits per heavy atom. The molecule has 1 heterocycles. The number of aromatic nitrogens is 2. The molecule has 0 saturated heterocycles. The summed E-state index contributed by atoms with van der Waals surface area (Å²) in [5, 5.41) is 2.98. The van der Waals surface area contributed by atoms with Crippen molar-refractivity contribution in [2.75, 3.05) is 6.54 Å². The minimum atomic E-state index is -0.0882. The van der Waals surface area contributed by atoms with Crippen molar-refractivity contribution in [2.45, 2.75) is 18.3 Å². The van der Waals surface area contributed by atoms with Gasteiger partial charge in [-0.15, -0.1) is 0 Å². The lowest BCUT2D eigenvalue weighted by Gasteiger charge is -2.16. The Hall–Kier alpha value is -2.10. The van der Waals surface area contributed by atoms with Crippen LogP contribution in [0, 0.1) is 0 Å². The maximum absolute atomic E-state index is 11.8. The van der Waals surface area contributed by atoms with E-state index in [4.69, 9.17) is 0 Å². The largest absolute Gasteiger partial charge is 0.350 e. The van der Waals surface area contributed by atoms with Gasteiger partial charge in [0.25, 0.3) is 5.91 Å². The van der Waals surface area contributed by atoms with E-state index < -0.39 is 0 Å². The summed E-state index contributed by atoms with van der Waals surface area (Å²) in [6.07, 6.45) is 5.33. The van der Waals surface area contributed by atoms with Gasteiger partial charge in [0, 0.05) is 12.0 Å². The molecular formula is C14H15N3O. The van der Waals surface area contributed by atoms with Crippen molar-refractivity contribution in [3.8, 4) is 0 Å². The number of carbonyl (C=O) groups excluding carboxylic acids is 1. The van der Waals surface area contributed by atoms with Gasteiger partial charge in [0.05, 0.1) is 12.5 Å². The van der Waals surface area contributed by atoms with Crippen molar-refractivity contribution in [1.29, 1.82) is 0 Å². The van der Waals surface area contributed by atoms with Crippen LogP contribution in [0.1, 0.15) is 28.9 Å². The zero-order valence-electron chi connectivity index (χ0n) is 10.0. The molecule has 0 unspecified atom stereocenters. The Bertz CT molecular complexity index is 529. The van der Waals surface area contributed by atoms with Gasteiger partial charge in [-0.25, -0.2) is 4.98 Å². The molecule has 92 valence electrons. The van der Waals surface area contributed by atoms with Gasteiger partial charge < -0.3 is 10.3 Å². The number of carbonyl (C=O) groups is 1. The molecule has 2 aromatic rings. The summed E-state index contributed by atoms with van der Waals surface area (Å²) in [6, 6.07) is 10.4. The second-order valence-corrected chi connectivity index (χ2v) is 4.79. The summed E-state index contributed by atoms with van der Waals surface area (Å²) in [6.45, 7) is 0.689. The Labute approximate surface area is 105 Å². The Kier molecular flexibility index (Phi) is 2.63. The molecule has 4 heteroatoms. The predicted molar refractivity (Wildman–Crippen MR) is 68.3 cm³/mol.